The molecule has 1 unspecified atom stereocenters. The Bertz CT molecular complexity index is 1160. The summed E-state index contributed by atoms with van der Waals surface area (Å²) in [6, 6.07) is 45.5. The van der Waals surface area contributed by atoms with Crippen LogP contribution in [0, 0.1) is 17.2 Å². The molecule has 0 bridgehead atoms. The minimum Gasteiger partial charge on any atom is -0.465 e. The fourth-order valence-electron chi connectivity index (χ4n) is 4.00. The summed E-state index contributed by atoms with van der Waals surface area (Å²) in [5, 5.41) is 12.4. The van der Waals surface area contributed by atoms with Crippen LogP contribution in [0.5, 0.6) is 0 Å². The van der Waals surface area contributed by atoms with Gasteiger partial charge in [-0.3, -0.25) is 4.79 Å². The molecular formula is C31H29NO3P+. The van der Waals surface area contributed by atoms with Gasteiger partial charge < -0.3 is 9.53 Å². The first kappa shape index (κ1) is 26.5. The molecule has 0 spiro atoms. The van der Waals surface area contributed by atoms with E-state index >= 15 is 0 Å². The van der Waals surface area contributed by atoms with Gasteiger partial charge in [0, 0.05) is 0 Å². The van der Waals surface area contributed by atoms with Crippen molar-refractivity contribution >= 4 is 35.4 Å². The first-order valence-corrected chi connectivity index (χ1v) is 13.7. The monoisotopic (exact) mass is 494 g/mol. The standard InChI is InChI=1S/C25H22P.C6H7NO3/c1-5-13-22(14-6-1)21-26(23-15-7-2-8-16-23,24-17-9-3-10-18-24)25-19-11-4-12-20-25;1-2-10-6(9)5(3-7)4-8/h1-20H,21H2;4-5H,2H2,1H3/q+1;. The molecule has 36 heavy (non-hydrogen) atoms. The van der Waals surface area contributed by atoms with E-state index in [2.05, 4.69) is 126 Å². The maximum absolute atomic E-state index is 10.5. The summed E-state index contributed by atoms with van der Waals surface area (Å²) in [5.41, 5.74) is 1.39. The summed E-state index contributed by atoms with van der Waals surface area (Å²) in [4.78, 5) is 20.5. The zero-order valence-corrected chi connectivity index (χ0v) is 21.1. The molecule has 0 heterocycles. The minimum atomic E-state index is -1.78. The Kier molecular flexibility index (Phi) is 10.1. The molecule has 0 saturated heterocycles. The van der Waals surface area contributed by atoms with Gasteiger partial charge in [0.25, 0.3) is 0 Å². The topological polar surface area (TPSA) is 67.2 Å². The van der Waals surface area contributed by atoms with Crippen molar-refractivity contribution in [2.45, 2.75) is 13.1 Å². The summed E-state index contributed by atoms with van der Waals surface area (Å²) < 4.78 is 4.39. The average molecular weight is 495 g/mol. The molecule has 0 saturated carbocycles. The SMILES string of the molecule is CCOC(=O)C(C#N)C=O.c1ccc(C[P+](c2ccccc2)(c2ccccc2)c2ccccc2)cc1. The molecule has 4 nitrogen and oxygen atoms in total. The Labute approximate surface area is 213 Å². The average Bonchev–Trinajstić information content (AvgIpc) is 2.95. The second kappa shape index (κ2) is 13.7. The van der Waals surface area contributed by atoms with Crippen molar-refractivity contribution in [3.63, 3.8) is 0 Å². The largest absolute Gasteiger partial charge is 0.465 e. The van der Waals surface area contributed by atoms with Crippen LogP contribution in [0.3, 0.4) is 0 Å². The molecule has 0 aliphatic rings. The quantitative estimate of drug-likeness (QED) is 0.149. The highest BCUT2D eigenvalue weighted by atomic mass is 31.2. The highest BCUT2D eigenvalue weighted by molar-refractivity contribution is 7.95. The first-order valence-electron chi connectivity index (χ1n) is 11.8. The molecular weight excluding hydrogens is 465 g/mol. The predicted octanol–water partition coefficient (Wildman–Crippen LogP) is 5.07. The summed E-state index contributed by atoms with van der Waals surface area (Å²) >= 11 is 0. The lowest BCUT2D eigenvalue weighted by Crippen LogP contribution is -2.32. The van der Waals surface area contributed by atoms with E-state index < -0.39 is 19.1 Å². The van der Waals surface area contributed by atoms with Crippen LogP contribution in [0.2, 0.25) is 0 Å². The Morgan fingerprint density at radius 1 is 0.778 bits per heavy atom. The third-order valence-electron chi connectivity index (χ3n) is 5.67. The van der Waals surface area contributed by atoms with Gasteiger partial charge in [0.2, 0.25) is 0 Å². The van der Waals surface area contributed by atoms with Crippen molar-refractivity contribution in [3.05, 3.63) is 127 Å². The fraction of sp³-hybridized carbons (Fsp3) is 0.129. The van der Waals surface area contributed by atoms with Gasteiger partial charge in [0.05, 0.1) is 18.8 Å². The molecule has 0 fully saturated rings. The third kappa shape index (κ3) is 6.54. The van der Waals surface area contributed by atoms with Crippen LogP contribution in [0.4, 0.5) is 0 Å². The molecule has 1 atom stereocenters. The number of benzene rings is 4. The maximum atomic E-state index is 10.5. The lowest BCUT2D eigenvalue weighted by Gasteiger charge is -2.27. The summed E-state index contributed by atoms with van der Waals surface area (Å²) in [5.74, 6) is -2.04. The van der Waals surface area contributed by atoms with Crippen LogP contribution < -0.4 is 15.9 Å². The van der Waals surface area contributed by atoms with Gasteiger partial charge in [-0.15, -0.1) is 0 Å². The highest BCUT2D eigenvalue weighted by Crippen LogP contribution is 2.58. The van der Waals surface area contributed by atoms with Crippen molar-refractivity contribution < 1.29 is 14.3 Å². The zero-order chi connectivity index (χ0) is 25.6. The lowest BCUT2D eigenvalue weighted by molar-refractivity contribution is -0.147. The van der Waals surface area contributed by atoms with Gasteiger partial charge >= 0.3 is 5.97 Å². The van der Waals surface area contributed by atoms with Crippen molar-refractivity contribution in [1.82, 2.24) is 0 Å². The van der Waals surface area contributed by atoms with E-state index in [0.29, 0.717) is 0 Å². The van der Waals surface area contributed by atoms with E-state index in [9.17, 15) is 9.59 Å². The van der Waals surface area contributed by atoms with E-state index in [1.165, 1.54) is 27.5 Å². The normalized spacial score (nSPS) is 11.2. The number of aldehydes is 1. The van der Waals surface area contributed by atoms with Gasteiger partial charge in [-0.1, -0.05) is 84.9 Å². The Hall–Kier alpha value is -4.06. The van der Waals surface area contributed by atoms with Crippen LogP contribution in [0.15, 0.2) is 121 Å². The molecule has 4 aromatic carbocycles. The van der Waals surface area contributed by atoms with Crippen LogP contribution in [0.25, 0.3) is 0 Å². The molecule has 4 rings (SSSR count). The van der Waals surface area contributed by atoms with Gasteiger partial charge in [-0.05, 0) is 48.9 Å². The second-order valence-corrected chi connectivity index (χ2v) is 11.4. The predicted molar refractivity (Wildman–Crippen MR) is 147 cm³/mol. The molecule has 0 radical (unpaired) electrons. The Morgan fingerprint density at radius 3 is 1.50 bits per heavy atom. The van der Waals surface area contributed by atoms with Gasteiger partial charge in [0.15, 0.2) is 5.92 Å². The van der Waals surface area contributed by atoms with Gasteiger partial charge in [0.1, 0.15) is 29.5 Å². The lowest BCUT2D eigenvalue weighted by atomic mass is 10.2. The molecule has 4 aromatic rings. The van der Waals surface area contributed by atoms with Crippen LogP contribution in [0.1, 0.15) is 12.5 Å². The first-order chi connectivity index (χ1) is 17.7. The molecule has 0 amide bonds. The van der Waals surface area contributed by atoms with E-state index in [0.717, 1.165) is 6.16 Å². The van der Waals surface area contributed by atoms with Crippen LogP contribution in [-0.2, 0) is 20.5 Å². The second-order valence-electron chi connectivity index (χ2n) is 7.96. The van der Waals surface area contributed by atoms with Crippen LogP contribution in [-0.4, -0.2) is 18.9 Å². The van der Waals surface area contributed by atoms with E-state index in [1.807, 2.05) is 0 Å². The van der Waals surface area contributed by atoms with E-state index in [4.69, 9.17) is 5.26 Å². The number of rotatable bonds is 8. The number of nitrogens with zero attached hydrogens (tertiary/aromatic N) is 1. The van der Waals surface area contributed by atoms with Gasteiger partial charge in [-0.2, -0.15) is 5.26 Å². The van der Waals surface area contributed by atoms with E-state index in [-0.39, 0.29) is 12.9 Å². The maximum Gasteiger partial charge on any atom is 0.330 e. The van der Waals surface area contributed by atoms with Gasteiger partial charge in [-0.25, -0.2) is 0 Å². The van der Waals surface area contributed by atoms with Crippen molar-refractivity contribution in [2.75, 3.05) is 6.61 Å². The molecule has 180 valence electrons. The molecule has 0 aromatic heterocycles. The number of carbonyl (C=O) groups excluding carboxylic acids is 2. The Balaban J connectivity index is 0.000000308. The number of carbonyl (C=O) groups is 2. The van der Waals surface area contributed by atoms with Crippen molar-refractivity contribution in [2.24, 2.45) is 5.92 Å². The summed E-state index contributed by atoms with van der Waals surface area (Å²) in [6.07, 6.45) is 1.30. The van der Waals surface area contributed by atoms with E-state index in [1.54, 1.807) is 6.92 Å². The molecule has 0 N–H and O–H groups in total. The number of hydrogen-bond donors (Lipinski definition) is 0. The highest BCUT2D eigenvalue weighted by Gasteiger charge is 2.45. The molecule has 5 heteroatoms. The minimum absolute atomic E-state index is 0.185. The molecule has 0 aliphatic heterocycles. The molecule has 0 aliphatic carbocycles. The van der Waals surface area contributed by atoms with Crippen molar-refractivity contribution in [3.8, 4) is 6.07 Å². The van der Waals surface area contributed by atoms with Crippen LogP contribution >= 0.6 is 7.26 Å². The number of nitriles is 1. The number of esters is 1. The van der Waals surface area contributed by atoms with Crippen molar-refractivity contribution in [1.29, 1.82) is 5.26 Å². The number of ether oxygens (including phenoxy) is 1. The Morgan fingerprint density at radius 2 is 1.17 bits per heavy atom. The third-order valence-corrected chi connectivity index (χ3v) is 10.0. The smallest absolute Gasteiger partial charge is 0.330 e. The summed E-state index contributed by atoms with van der Waals surface area (Å²) in [7, 11) is -1.78. The summed E-state index contributed by atoms with van der Waals surface area (Å²) in [6.45, 7) is 1.79. The fourth-order valence-corrected chi connectivity index (χ4v) is 8.24. The number of hydrogen-bond acceptors (Lipinski definition) is 4. The zero-order valence-electron chi connectivity index (χ0n) is 20.2.